The van der Waals surface area contributed by atoms with Crippen LogP contribution in [0.5, 0.6) is 11.6 Å². The topological polar surface area (TPSA) is 169 Å². The molecule has 0 spiro atoms. The molecular formula is C32H23F2N7O4S. The van der Waals surface area contributed by atoms with Crippen molar-refractivity contribution < 1.29 is 26.7 Å². The molecule has 6 aromatic rings. The highest BCUT2D eigenvalue weighted by Gasteiger charge is 2.22. The molecule has 0 amide bonds. The van der Waals surface area contributed by atoms with E-state index in [9.17, 15) is 22.0 Å². The van der Waals surface area contributed by atoms with Crippen LogP contribution in [-0.2, 0) is 10.0 Å². The number of benzene rings is 3. The predicted octanol–water partition coefficient (Wildman–Crippen LogP) is 5.92. The summed E-state index contributed by atoms with van der Waals surface area (Å²) in [5.74, 6) is -1.63. The van der Waals surface area contributed by atoms with E-state index in [1.54, 1.807) is 50.2 Å². The Bertz CT molecular complexity index is 2340. The molecule has 0 unspecified atom stereocenters. The number of aromatic amines is 1. The molecule has 3 aromatic carbocycles. The van der Waals surface area contributed by atoms with Crippen molar-refractivity contribution in [3.05, 3.63) is 119 Å². The first-order chi connectivity index (χ1) is 21.9. The van der Waals surface area contributed by atoms with Gasteiger partial charge in [-0.25, -0.2) is 26.9 Å². The second kappa shape index (κ2) is 11.5. The number of ketones is 1. The Hall–Kier alpha value is -6.07. The van der Waals surface area contributed by atoms with E-state index in [1.165, 1.54) is 35.3 Å². The van der Waals surface area contributed by atoms with E-state index in [0.717, 1.165) is 18.2 Å². The summed E-state index contributed by atoms with van der Waals surface area (Å²) in [4.78, 5) is 20.3. The number of sulfonamides is 1. The maximum absolute atomic E-state index is 14.0. The number of pyridine rings is 1. The Morgan fingerprint density at radius 2 is 1.83 bits per heavy atom. The largest absolute Gasteiger partial charge is 0.436 e. The van der Waals surface area contributed by atoms with E-state index in [4.69, 9.17) is 15.7 Å². The van der Waals surface area contributed by atoms with Gasteiger partial charge in [0, 0.05) is 17.0 Å². The van der Waals surface area contributed by atoms with Crippen LogP contribution in [0, 0.1) is 36.8 Å². The SMILES string of the molecule is Cc1cc2cc(C(=O)c3cnn(-c4cnc(Oc5ccccc5F)cc4C)c3N)[nH]c2cc1NS(=O)(=O)c1cc(F)cc(C#N)c1. The maximum Gasteiger partial charge on any atom is 0.262 e. The van der Waals surface area contributed by atoms with Crippen molar-refractivity contribution in [1.82, 2.24) is 19.7 Å². The maximum atomic E-state index is 14.0. The minimum Gasteiger partial charge on any atom is -0.436 e. The van der Waals surface area contributed by atoms with Crippen LogP contribution in [0.15, 0.2) is 84.0 Å². The van der Waals surface area contributed by atoms with Crippen molar-refractivity contribution in [3.63, 3.8) is 0 Å². The third-order valence-electron chi connectivity index (χ3n) is 7.15. The van der Waals surface area contributed by atoms with Gasteiger partial charge in [0.15, 0.2) is 11.6 Å². The molecule has 0 aliphatic heterocycles. The molecule has 14 heteroatoms. The standard InChI is InChI=1S/C32H23F2N7O4S/c1-17-7-20-11-27(39-26(20)13-25(17)40-46(43,44)22-10-19(14-35)9-21(33)12-22)31(42)23-15-38-41(32(23)36)28-16-37-30(8-18(28)2)45-29-6-4-3-5-24(29)34/h3-13,15-16,39-40H,36H2,1-2H3. The van der Waals surface area contributed by atoms with Crippen molar-refractivity contribution in [1.29, 1.82) is 5.26 Å². The van der Waals surface area contributed by atoms with E-state index in [2.05, 4.69) is 19.8 Å². The van der Waals surface area contributed by atoms with Gasteiger partial charge < -0.3 is 15.5 Å². The van der Waals surface area contributed by atoms with Crippen molar-refractivity contribution in [3.8, 4) is 23.4 Å². The molecule has 0 fully saturated rings. The number of H-pyrrole nitrogens is 1. The van der Waals surface area contributed by atoms with Crippen molar-refractivity contribution in [2.45, 2.75) is 18.7 Å². The number of nitrogen functional groups attached to an aromatic ring is 1. The van der Waals surface area contributed by atoms with Crippen LogP contribution < -0.4 is 15.2 Å². The lowest BCUT2D eigenvalue weighted by Gasteiger charge is -2.11. The fraction of sp³-hybridized carbons (Fsp3) is 0.0625. The van der Waals surface area contributed by atoms with Crippen LogP contribution in [0.4, 0.5) is 20.3 Å². The minimum absolute atomic E-state index is 0.0208. The van der Waals surface area contributed by atoms with Gasteiger partial charge in [-0.15, -0.1) is 0 Å². The van der Waals surface area contributed by atoms with Gasteiger partial charge in [-0.05, 0) is 73.5 Å². The summed E-state index contributed by atoms with van der Waals surface area (Å²) in [6, 6.07) is 16.9. The van der Waals surface area contributed by atoms with Gasteiger partial charge in [-0.1, -0.05) is 12.1 Å². The van der Waals surface area contributed by atoms with Crippen LogP contribution in [0.2, 0.25) is 0 Å². The van der Waals surface area contributed by atoms with Gasteiger partial charge in [-0.3, -0.25) is 9.52 Å². The zero-order valence-corrected chi connectivity index (χ0v) is 25.0. The summed E-state index contributed by atoms with van der Waals surface area (Å²) in [7, 11) is -4.24. The number of ether oxygens (including phenoxy) is 1. The van der Waals surface area contributed by atoms with Gasteiger partial charge in [0.1, 0.15) is 11.6 Å². The summed E-state index contributed by atoms with van der Waals surface area (Å²) in [5.41, 5.74) is 8.78. The molecule has 0 bridgehead atoms. The Morgan fingerprint density at radius 1 is 1.04 bits per heavy atom. The van der Waals surface area contributed by atoms with Gasteiger partial charge in [0.2, 0.25) is 11.7 Å². The Kier molecular flexibility index (Phi) is 7.46. The van der Waals surface area contributed by atoms with Crippen LogP contribution >= 0.6 is 0 Å². The molecule has 6 rings (SSSR count). The Morgan fingerprint density at radius 3 is 2.57 bits per heavy atom. The van der Waals surface area contributed by atoms with Crippen LogP contribution in [-0.4, -0.2) is 33.9 Å². The zero-order chi connectivity index (χ0) is 32.7. The van der Waals surface area contributed by atoms with E-state index >= 15 is 0 Å². The molecule has 3 heterocycles. The Balaban J connectivity index is 1.26. The molecule has 0 saturated carbocycles. The number of nitrogens with zero attached hydrogens (tertiary/aromatic N) is 4. The van der Waals surface area contributed by atoms with Crippen LogP contribution in [0.3, 0.4) is 0 Å². The van der Waals surface area contributed by atoms with E-state index < -0.39 is 32.3 Å². The highest BCUT2D eigenvalue weighted by atomic mass is 32.2. The number of carbonyl (C=O) groups is 1. The first-order valence-corrected chi connectivity index (χ1v) is 15.1. The second-order valence-electron chi connectivity index (χ2n) is 10.4. The number of hydrogen-bond donors (Lipinski definition) is 3. The lowest BCUT2D eigenvalue weighted by molar-refractivity contribution is 0.103. The summed E-state index contributed by atoms with van der Waals surface area (Å²) in [6.45, 7) is 3.43. The lowest BCUT2D eigenvalue weighted by atomic mass is 10.1. The number of anilines is 2. The average Bonchev–Trinajstić information content (AvgIpc) is 3.60. The number of para-hydroxylation sites is 1. The lowest BCUT2D eigenvalue weighted by Crippen LogP contribution is -2.14. The van der Waals surface area contributed by atoms with E-state index in [-0.39, 0.29) is 40.0 Å². The number of rotatable bonds is 8. The molecular weight excluding hydrogens is 616 g/mol. The zero-order valence-electron chi connectivity index (χ0n) is 24.2. The van der Waals surface area contributed by atoms with Crippen molar-refractivity contribution in [2.75, 3.05) is 10.5 Å². The molecule has 4 N–H and O–H groups in total. The molecule has 11 nitrogen and oxygen atoms in total. The van der Waals surface area contributed by atoms with Gasteiger partial charge >= 0.3 is 0 Å². The molecule has 3 aromatic heterocycles. The molecule has 46 heavy (non-hydrogen) atoms. The number of halogens is 2. The minimum atomic E-state index is -4.24. The first kappa shape index (κ1) is 30.0. The first-order valence-electron chi connectivity index (χ1n) is 13.6. The number of hydrogen-bond acceptors (Lipinski definition) is 8. The molecule has 0 saturated heterocycles. The summed E-state index contributed by atoms with van der Waals surface area (Å²) >= 11 is 0. The number of nitrogens with two attached hydrogens (primary N) is 1. The number of carbonyl (C=O) groups excluding carboxylic acids is 1. The van der Waals surface area contributed by atoms with Gasteiger partial charge in [-0.2, -0.15) is 10.4 Å². The number of aromatic nitrogens is 4. The monoisotopic (exact) mass is 639 g/mol. The van der Waals surface area contributed by atoms with Crippen molar-refractivity contribution >= 4 is 38.2 Å². The average molecular weight is 640 g/mol. The third kappa shape index (κ3) is 5.62. The molecule has 230 valence electrons. The highest BCUT2D eigenvalue weighted by Crippen LogP contribution is 2.30. The number of fused-ring (bicyclic) bond motifs is 1. The smallest absolute Gasteiger partial charge is 0.262 e. The van der Waals surface area contributed by atoms with Gasteiger partial charge in [0.05, 0.1) is 51.6 Å². The summed E-state index contributed by atoms with van der Waals surface area (Å²) < 4.78 is 63.3. The Labute approximate surface area is 260 Å². The molecule has 0 aliphatic carbocycles. The normalized spacial score (nSPS) is 11.4. The summed E-state index contributed by atoms with van der Waals surface area (Å²) in [6.07, 6.45) is 2.77. The fourth-order valence-corrected chi connectivity index (χ4v) is 6.00. The number of nitrogens with one attached hydrogen (secondary N) is 2. The molecule has 0 atom stereocenters. The molecule has 0 radical (unpaired) electrons. The fourth-order valence-electron chi connectivity index (χ4n) is 4.82. The summed E-state index contributed by atoms with van der Waals surface area (Å²) in [5, 5.41) is 14.0. The quantitative estimate of drug-likeness (QED) is 0.172. The van der Waals surface area contributed by atoms with Crippen LogP contribution in [0.1, 0.15) is 32.7 Å². The van der Waals surface area contributed by atoms with E-state index in [0.29, 0.717) is 27.7 Å². The predicted molar refractivity (Wildman–Crippen MR) is 165 cm³/mol. The number of nitriles is 1. The highest BCUT2D eigenvalue weighted by molar-refractivity contribution is 7.92. The van der Waals surface area contributed by atoms with Crippen molar-refractivity contribution in [2.24, 2.45) is 0 Å². The van der Waals surface area contributed by atoms with Crippen LogP contribution in [0.25, 0.3) is 16.6 Å². The van der Waals surface area contributed by atoms with Gasteiger partial charge in [0.25, 0.3) is 10.0 Å². The third-order valence-corrected chi connectivity index (χ3v) is 8.50. The molecule has 0 aliphatic rings. The van der Waals surface area contributed by atoms with E-state index in [1.807, 2.05) is 0 Å². The second-order valence-corrected chi connectivity index (χ2v) is 12.0. The number of aryl methyl sites for hydroxylation is 2.